The summed E-state index contributed by atoms with van der Waals surface area (Å²) >= 11 is 0. The molecule has 0 N–H and O–H groups in total. The zero-order valence-corrected chi connectivity index (χ0v) is 16.5. The van der Waals surface area contributed by atoms with Crippen LogP contribution in [-0.4, -0.2) is 0 Å². The lowest BCUT2D eigenvalue weighted by Gasteiger charge is -2.36. The van der Waals surface area contributed by atoms with Crippen molar-refractivity contribution < 1.29 is 4.74 Å². The minimum Gasteiger partial charge on any atom is -0.473 e. The molecular weight excluding hydrogens is 364 g/mol. The summed E-state index contributed by atoms with van der Waals surface area (Å²) in [6.07, 6.45) is 4.44. The molecule has 142 valence electrons. The summed E-state index contributed by atoms with van der Waals surface area (Å²) in [7, 11) is 0. The second-order valence-electron chi connectivity index (χ2n) is 7.76. The Hall–Kier alpha value is -3.84. The molecule has 1 aliphatic rings. The van der Waals surface area contributed by atoms with Crippen molar-refractivity contribution in [3.63, 3.8) is 0 Å². The van der Waals surface area contributed by atoms with E-state index in [1.165, 1.54) is 21.5 Å². The summed E-state index contributed by atoms with van der Waals surface area (Å²) in [4.78, 5) is 0. The Kier molecular flexibility index (Phi) is 3.75. The lowest BCUT2D eigenvalue weighted by atomic mass is 9.83. The maximum absolute atomic E-state index is 6.83. The highest BCUT2D eigenvalue weighted by Gasteiger charge is 2.37. The van der Waals surface area contributed by atoms with Gasteiger partial charge in [0.05, 0.1) is 0 Å². The van der Waals surface area contributed by atoms with Crippen LogP contribution in [0.15, 0.2) is 115 Å². The molecular formula is C29H20O. The highest BCUT2D eigenvalue weighted by atomic mass is 16.5. The monoisotopic (exact) mass is 384 g/mol. The van der Waals surface area contributed by atoms with Gasteiger partial charge in [-0.2, -0.15) is 0 Å². The Morgan fingerprint density at radius 1 is 0.500 bits per heavy atom. The minimum atomic E-state index is -0.639. The molecule has 1 heteroatoms. The standard InChI is InChI=1S/C29H20O/c1-3-10-22(11-4-1)29(23-12-5-2-6-13-23)20-19-27-26-16-15-21-9-7-8-14-24(21)25(26)17-18-28(27)30-29/h1-20H. The topological polar surface area (TPSA) is 9.23 Å². The number of hydrogen-bond donors (Lipinski definition) is 0. The van der Waals surface area contributed by atoms with E-state index in [-0.39, 0.29) is 0 Å². The molecule has 30 heavy (non-hydrogen) atoms. The highest BCUT2D eigenvalue weighted by molar-refractivity contribution is 6.10. The van der Waals surface area contributed by atoms with Gasteiger partial charge in [-0.3, -0.25) is 0 Å². The zero-order chi connectivity index (χ0) is 20.0. The molecule has 0 saturated carbocycles. The van der Waals surface area contributed by atoms with Crippen molar-refractivity contribution in [2.24, 2.45) is 0 Å². The Bertz CT molecular complexity index is 1360. The quantitative estimate of drug-likeness (QED) is 0.289. The second-order valence-corrected chi connectivity index (χ2v) is 7.76. The molecule has 5 aromatic rings. The molecule has 0 amide bonds. The van der Waals surface area contributed by atoms with Gasteiger partial charge >= 0.3 is 0 Å². The van der Waals surface area contributed by atoms with Crippen LogP contribution in [0, 0.1) is 0 Å². The smallest absolute Gasteiger partial charge is 0.178 e. The van der Waals surface area contributed by atoms with Crippen molar-refractivity contribution in [3.8, 4) is 5.75 Å². The third-order valence-electron chi connectivity index (χ3n) is 6.09. The zero-order valence-electron chi connectivity index (χ0n) is 16.5. The van der Waals surface area contributed by atoms with Gasteiger partial charge in [0.1, 0.15) is 5.75 Å². The second kappa shape index (κ2) is 6.60. The molecule has 1 heterocycles. The molecule has 0 bridgehead atoms. The molecule has 0 unspecified atom stereocenters. The van der Waals surface area contributed by atoms with Crippen LogP contribution in [-0.2, 0) is 5.60 Å². The fourth-order valence-corrected chi connectivity index (χ4v) is 4.61. The van der Waals surface area contributed by atoms with Gasteiger partial charge in [-0.05, 0) is 39.8 Å². The molecule has 0 fully saturated rings. The van der Waals surface area contributed by atoms with Gasteiger partial charge < -0.3 is 4.74 Å². The largest absolute Gasteiger partial charge is 0.473 e. The summed E-state index contributed by atoms with van der Waals surface area (Å²) in [5, 5.41) is 5.01. The predicted octanol–water partition coefficient (Wildman–Crippen LogP) is 7.34. The van der Waals surface area contributed by atoms with E-state index in [4.69, 9.17) is 4.74 Å². The van der Waals surface area contributed by atoms with Crippen LogP contribution in [0.1, 0.15) is 16.7 Å². The van der Waals surface area contributed by atoms with Crippen LogP contribution in [0.2, 0.25) is 0 Å². The van der Waals surface area contributed by atoms with Crippen molar-refractivity contribution in [3.05, 3.63) is 132 Å². The molecule has 0 spiro atoms. The first kappa shape index (κ1) is 17.1. The van der Waals surface area contributed by atoms with Crippen molar-refractivity contribution in [2.45, 2.75) is 5.60 Å². The van der Waals surface area contributed by atoms with Gasteiger partial charge in [0, 0.05) is 16.7 Å². The van der Waals surface area contributed by atoms with E-state index in [1.807, 2.05) is 12.1 Å². The lowest BCUT2D eigenvalue weighted by molar-refractivity contribution is 0.161. The highest BCUT2D eigenvalue weighted by Crippen LogP contribution is 2.44. The van der Waals surface area contributed by atoms with Crippen molar-refractivity contribution in [1.29, 1.82) is 0 Å². The lowest BCUT2D eigenvalue weighted by Crippen LogP contribution is -2.34. The normalized spacial score (nSPS) is 14.4. The summed E-state index contributed by atoms with van der Waals surface area (Å²) in [5.41, 5.74) is 2.74. The first-order valence-corrected chi connectivity index (χ1v) is 10.3. The van der Waals surface area contributed by atoms with Crippen LogP contribution in [0.4, 0.5) is 0 Å². The van der Waals surface area contributed by atoms with Gasteiger partial charge in [-0.25, -0.2) is 0 Å². The van der Waals surface area contributed by atoms with Crippen LogP contribution in [0.25, 0.3) is 27.6 Å². The van der Waals surface area contributed by atoms with Crippen molar-refractivity contribution in [2.75, 3.05) is 0 Å². The van der Waals surface area contributed by atoms with Gasteiger partial charge in [0.2, 0.25) is 0 Å². The number of fused-ring (bicyclic) bond motifs is 5. The van der Waals surface area contributed by atoms with E-state index < -0.39 is 5.60 Å². The van der Waals surface area contributed by atoms with Gasteiger partial charge in [0.25, 0.3) is 0 Å². The Morgan fingerprint density at radius 3 is 1.87 bits per heavy atom. The van der Waals surface area contributed by atoms with Crippen LogP contribution in [0.5, 0.6) is 5.75 Å². The first-order chi connectivity index (χ1) is 14.9. The van der Waals surface area contributed by atoms with E-state index in [0.717, 1.165) is 22.4 Å². The van der Waals surface area contributed by atoms with E-state index in [1.54, 1.807) is 0 Å². The fraction of sp³-hybridized carbons (Fsp3) is 0.0345. The molecule has 6 rings (SSSR count). The Labute approximate surface area is 175 Å². The third-order valence-corrected chi connectivity index (χ3v) is 6.09. The SMILES string of the molecule is C1=CC(c2ccccc2)(c2ccccc2)Oc2ccc3c(ccc4ccccc43)c21. The third kappa shape index (κ3) is 2.49. The Balaban J connectivity index is 1.59. The molecule has 5 aromatic carbocycles. The number of benzene rings is 5. The van der Waals surface area contributed by atoms with E-state index in [0.29, 0.717) is 0 Å². The number of rotatable bonds is 2. The van der Waals surface area contributed by atoms with E-state index in [9.17, 15) is 0 Å². The summed E-state index contributed by atoms with van der Waals surface area (Å²) < 4.78 is 6.83. The molecule has 1 nitrogen and oxygen atoms in total. The summed E-state index contributed by atoms with van der Waals surface area (Å²) in [6, 6.07) is 38.2. The minimum absolute atomic E-state index is 0.639. The van der Waals surface area contributed by atoms with E-state index >= 15 is 0 Å². The molecule has 1 aliphatic heterocycles. The van der Waals surface area contributed by atoms with Crippen molar-refractivity contribution in [1.82, 2.24) is 0 Å². The van der Waals surface area contributed by atoms with Crippen LogP contribution in [0.3, 0.4) is 0 Å². The first-order valence-electron chi connectivity index (χ1n) is 10.3. The Morgan fingerprint density at radius 2 is 1.13 bits per heavy atom. The molecule has 0 radical (unpaired) electrons. The molecule has 0 atom stereocenters. The fourth-order valence-electron chi connectivity index (χ4n) is 4.61. The van der Waals surface area contributed by atoms with Gasteiger partial charge in [-0.15, -0.1) is 0 Å². The average molecular weight is 384 g/mol. The number of ether oxygens (including phenoxy) is 1. The van der Waals surface area contributed by atoms with Crippen LogP contribution < -0.4 is 4.74 Å². The molecule has 0 aliphatic carbocycles. The molecule has 0 aromatic heterocycles. The maximum atomic E-state index is 6.83. The van der Waals surface area contributed by atoms with Gasteiger partial charge in [0.15, 0.2) is 5.60 Å². The van der Waals surface area contributed by atoms with E-state index in [2.05, 4.69) is 109 Å². The average Bonchev–Trinajstić information content (AvgIpc) is 2.84. The summed E-state index contributed by atoms with van der Waals surface area (Å²) in [5.74, 6) is 0.910. The van der Waals surface area contributed by atoms with Crippen molar-refractivity contribution >= 4 is 27.6 Å². The van der Waals surface area contributed by atoms with Crippen LogP contribution >= 0.6 is 0 Å². The van der Waals surface area contributed by atoms with Gasteiger partial charge in [-0.1, -0.05) is 103 Å². The molecule has 0 saturated heterocycles. The predicted molar refractivity (Wildman–Crippen MR) is 125 cm³/mol. The number of hydrogen-bond acceptors (Lipinski definition) is 1. The summed E-state index contributed by atoms with van der Waals surface area (Å²) in [6.45, 7) is 0. The maximum Gasteiger partial charge on any atom is 0.178 e.